The van der Waals surface area contributed by atoms with Crippen LogP contribution in [0, 0.1) is 0 Å². The van der Waals surface area contributed by atoms with Gasteiger partial charge in [-0.25, -0.2) is 0 Å². The number of benzene rings is 2. The monoisotopic (exact) mass is 386 g/mol. The summed E-state index contributed by atoms with van der Waals surface area (Å²) in [4.78, 5) is 17.7. The van der Waals surface area contributed by atoms with Crippen LogP contribution < -0.4 is 19.0 Å². The summed E-state index contributed by atoms with van der Waals surface area (Å²) in [6, 6.07) is 10.7. The Morgan fingerprint density at radius 1 is 1.07 bits per heavy atom. The molecule has 0 fully saturated rings. The first-order chi connectivity index (χ1) is 13.1. The molecule has 0 bridgehead atoms. The molecule has 2 aromatic carbocycles. The van der Waals surface area contributed by atoms with Crippen LogP contribution in [0.3, 0.4) is 0 Å². The zero-order valence-electron chi connectivity index (χ0n) is 15.8. The summed E-state index contributed by atoms with van der Waals surface area (Å²) >= 11 is 1.42. The van der Waals surface area contributed by atoms with E-state index in [0.29, 0.717) is 22.7 Å². The van der Waals surface area contributed by atoms with Gasteiger partial charge in [-0.1, -0.05) is 24.3 Å². The zero-order valence-corrected chi connectivity index (χ0v) is 16.6. The zero-order chi connectivity index (χ0) is 19.4. The van der Waals surface area contributed by atoms with Gasteiger partial charge in [-0.2, -0.15) is 4.99 Å². The van der Waals surface area contributed by atoms with Gasteiger partial charge >= 0.3 is 0 Å². The Morgan fingerprint density at radius 2 is 1.81 bits per heavy atom. The third-order valence-electron chi connectivity index (χ3n) is 4.15. The van der Waals surface area contributed by atoms with Crippen molar-refractivity contribution < 1.29 is 19.0 Å². The van der Waals surface area contributed by atoms with E-state index in [0.717, 1.165) is 28.1 Å². The van der Waals surface area contributed by atoms with Gasteiger partial charge in [-0.05, 0) is 36.8 Å². The minimum Gasteiger partial charge on any atom is -0.497 e. The molecule has 3 aromatic rings. The summed E-state index contributed by atoms with van der Waals surface area (Å²) in [6.07, 6.45) is 0.896. The van der Waals surface area contributed by atoms with Gasteiger partial charge < -0.3 is 18.8 Å². The number of ether oxygens (including phenoxy) is 3. The van der Waals surface area contributed by atoms with E-state index in [-0.39, 0.29) is 5.91 Å². The van der Waals surface area contributed by atoms with Crippen molar-refractivity contribution >= 4 is 27.5 Å². The molecule has 0 saturated heterocycles. The van der Waals surface area contributed by atoms with E-state index in [1.54, 1.807) is 45.6 Å². The Kier molecular flexibility index (Phi) is 5.81. The van der Waals surface area contributed by atoms with Crippen molar-refractivity contribution in [3.63, 3.8) is 0 Å². The third-order valence-corrected chi connectivity index (χ3v) is 5.25. The number of hydrogen-bond acceptors (Lipinski definition) is 5. The van der Waals surface area contributed by atoms with Gasteiger partial charge in [-0.15, -0.1) is 0 Å². The minimum absolute atomic E-state index is 0.316. The summed E-state index contributed by atoms with van der Waals surface area (Å²) in [6.45, 7) is 2.80. The lowest BCUT2D eigenvalue weighted by Crippen LogP contribution is -2.17. The molecule has 3 rings (SSSR count). The predicted octanol–water partition coefficient (Wildman–Crippen LogP) is 3.88. The molecule has 0 saturated carbocycles. The van der Waals surface area contributed by atoms with Crippen LogP contribution in [0.2, 0.25) is 0 Å². The molecule has 7 heteroatoms. The fourth-order valence-electron chi connectivity index (χ4n) is 2.88. The number of aryl methyl sites for hydroxylation is 1. The highest BCUT2D eigenvalue weighted by Crippen LogP contribution is 2.35. The van der Waals surface area contributed by atoms with Crippen LogP contribution in [0.25, 0.3) is 10.2 Å². The van der Waals surface area contributed by atoms with Gasteiger partial charge in [0.25, 0.3) is 5.91 Å². The lowest BCUT2D eigenvalue weighted by Gasteiger charge is -2.09. The average Bonchev–Trinajstić information content (AvgIpc) is 3.05. The predicted molar refractivity (Wildman–Crippen MR) is 106 cm³/mol. The highest BCUT2D eigenvalue weighted by Gasteiger charge is 2.16. The summed E-state index contributed by atoms with van der Waals surface area (Å²) in [5, 5.41) is 0. The van der Waals surface area contributed by atoms with Gasteiger partial charge in [-0.3, -0.25) is 4.79 Å². The van der Waals surface area contributed by atoms with Crippen LogP contribution in [0.1, 0.15) is 23.7 Å². The van der Waals surface area contributed by atoms with Crippen molar-refractivity contribution in [3.05, 3.63) is 46.8 Å². The van der Waals surface area contributed by atoms with Gasteiger partial charge in [0.15, 0.2) is 4.80 Å². The third kappa shape index (κ3) is 3.68. The number of fused-ring (bicyclic) bond motifs is 1. The van der Waals surface area contributed by atoms with Gasteiger partial charge in [0.1, 0.15) is 27.5 Å². The number of amides is 1. The summed E-state index contributed by atoms with van der Waals surface area (Å²) in [5.41, 5.74) is 1.37. The number of methoxy groups -OCH3 is 3. The second kappa shape index (κ2) is 8.26. The molecule has 0 aliphatic rings. The second-order valence-electron chi connectivity index (χ2n) is 5.83. The first kappa shape index (κ1) is 19.0. The first-order valence-electron chi connectivity index (χ1n) is 8.60. The summed E-state index contributed by atoms with van der Waals surface area (Å²) in [5.74, 6) is 1.77. The summed E-state index contributed by atoms with van der Waals surface area (Å²) < 4.78 is 19.1. The Balaban J connectivity index is 2.21. The smallest absolute Gasteiger partial charge is 0.279 e. The largest absolute Gasteiger partial charge is 0.497 e. The number of rotatable bonds is 6. The first-order valence-corrected chi connectivity index (χ1v) is 9.42. The fraction of sp³-hybridized carbons (Fsp3) is 0.300. The molecule has 0 N–H and O–H groups in total. The molecule has 1 amide bonds. The number of thiazole rings is 1. The Hall–Kier alpha value is -2.80. The van der Waals surface area contributed by atoms with Gasteiger partial charge in [0, 0.05) is 12.1 Å². The molecule has 0 atom stereocenters. The molecule has 0 unspecified atom stereocenters. The van der Waals surface area contributed by atoms with Crippen molar-refractivity contribution in [1.82, 2.24) is 4.57 Å². The number of hydrogen-bond donors (Lipinski definition) is 0. The molecule has 142 valence electrons. The van der Waals surface area contributed by atoms with Crippen molar-refractivity contribution in [2.24, 2.45) is 4.99 Å². The van der Waals surface area contributed by atoms with E-state index in [1.165, 1.54) is 11.3 Å². The standard InChI is InChI=1S/C20H22N2O4S/c1-5-11-22-17-15(25-3)9-10-16(26-4)18(17)27-20(22)21-19(23)13-7-6-8-14(12-13)24-2/h6-10,12H,5,11H2,1-4H3. The number of aromatic nitrogens is 1. The lowest BCUT2D eigenvalue weighted by atomic mass is 10.2. The number of nitrogens with zero attached hydrogens (tertiary/aromatic N) is 2. The molecule has 0 spiro atoms. The second-order valence-corrected chi connectivity index (χ2v) is 6.81. The highest BCUT2D eigenvalue weighted by atomic mass is 32.1. The molecule has 6 nitrogen and oxygen atoms in total. The van der Waals surface area contributed by atoms with Gasteiger partial charge in [0.05, 0.1) is 21.3 Å². The molecule has 1 aromatic heterocycles. The Bertz CT molecular complexity index is 1040. The maximum Gasteiger partial charge on any atom is 0.279 e. The highest BCUT2D eigenvalue weighted by molar-refractivity contribution is 7.16. The van der Waals surface area contributed by atoms with E-state index < -0.39 is 0 Å². The molecule has 0 aliphatic carbocycles. The van der Waals surface area contributed by atoms with Crippen molar-refractivity contribution in [3.8, 4) is 17.2 Å². The normalized spacial score (nSPS) is 11.6. The maximum absolute atomic E-state index is 12.7. The number of carbonyl (C=O) groups is 1. The van der Waals surface area contributed by atoms with Crippen LogP contribution in [-0.4, -0.2) is 31.8 Å². The lowest BCUT2D eigenvalue weighted by molar-refractivity contribution is 0.0997. The SMILES string of the molecule is CCCn1c(=NC(=O)c2cccc(OC)c2)sc2c(OC)ccc(OC)c21. The quantitative estimate of drug-likeness (QED) is 0.645. The molecule has 0 aliphatic heterocycles. The topological polar surface area (TPSA) is 62.1 Å². The molecule has 1 heterocycles. The molecular weight excluding hydrogens is 364 g/mol. The van der Waals surface area contributed by atoms with Crippen molar-refractivity contribution in [2.45, 2.75) is 19.9 Å². The van der Waals surface area contributed by atoms with E-state index in [9.17, 15) is 4.79 Å². The van der Waals surface area contributed by atoms with E-state index >= 15 is 0 Å². The molecule has 0 radical (unpaired) electrons. The van der Waals surface area contributed by atoms with E-state index in [2.05, 4.69) is 11.9 Å². The van der Waals surface area contributed by atoms with Crippen LogP contribution in [-0.2, 0) is 6.54 Å². The minimum atomic E-state index is -0.316. The van der Waals surface area contributed by atoms with Crippen LogP contribution in [0.4, 0.5) is 0 Å². The Labute approximate surface area is 161 Å². The van der Waals surface area contributed by atoms with Crippen LogP contribution >= 0.6 is 11.3 Å². The molecular formula is C20H22N2O4S. The average molecular weight is 386 g/mol. The van der Waals surface area contributed by atoms with Crippen molar-refractivity contribution in [2.75, 3.05) is 21.3 Å². The number of carbonyl (C=O) groups excluding carboxylic acids is 1. The van der Waals surface area contributed by atoms with Crippen LogP contribution in [0.5, 0.6) is 17.2 Å². The van der Waals surface area contributed by atoms with Crippen molar-refractivity contribution in [1.29, 1.82) is 0 Å². The van der Waals surface area contributed by atoms with E-state index in [4.69, 9.17) is 14.2 Å². The maximum atomic E-state index is 12.7. The molecule has 27 heavy (non-hydrogen) atoms. The van der Waals surface area contributed by atoms with Crippen LogP contribution in [0.15, 0.2) is 41.4 Å². The van der Waals surface area contributed by atoms with E-state index in [1.807, 2.05) is 16.7 Å². The summed E-state index contributed by atoms with van der Waals surface area (Å²) in [7, 11) is 4.83. The van der Waals surface area contributed by atoms with Gasteiger partial charge in [0.2, 0.25) is 0 Å². The Morgan fingerprint density at radius 3 is 2.48 bits per heavy atom. The fourth-order valence-corrected chi connectivity index (χ4v) is 4.04.